The van der Waals surface area contributed by atoms with E-state index in [9.17, 15) is 18.0 Å². The number of benzene rings is 3. The van der Waals surface area contributed by atoms with Gasteiger partial charge in [-0.2, -0.15) is 0 Å². The Labute approximate surface area is 220 Å². The summed E-state index contributed by atoms with van der Waals surface area (Å²) >= 11 is 0. The molecule has 3 rings (SSSR count). The summed E-state index contributed by atoms with van der Waals surface area (Å²) < 4.78 is 26.4. The molecule has 0 unspecified atom stereocenters. The summed E-state index contributed by atoms with van der Waals surface area (Å²) in [6, 6.07) is 25.7. The number of hydrogen-bond donors (Lipinski definition) is 1. The van der Waals surface area contributed by atoms with Crippen LogP contribution in [0.25, 0.3) is 0 Å². The van der Waals surface area contributed by atoms with Gasteiger partial charge in [-0.3, -0.25) is 13.9 Å². The first kappa shape index (κ1) is 27.9. The van der Waals surface area contributed by atoms with E-state index in [1.54, 1.807) is 24.1 Å². The van der Waals surface area contributed by atoms with Crippen molar-refractivity contribution in [3.8, 4) is 0 Å². The molecular formula is C29H35N3O4S. The summed E-state index contributed by atoms with van der Waals surface area (Å²) in [5.74, 6) is -0.447. The fourth-order valence-electron chi connectivity index (χ4n) is 4.33. The van der Waals surface area contributed by atoms with Crippen molar-refractivity contribution in [2.24, 2.45) is 0 Å². The van der Waals surface area contributed by atoms with Gasteiger partial charge in [0.05, 0.1) is 11.9 Å². The van der Waals surface area contributed by atoms with Gasteiger partial charge in [0.1, 0.15) is 6.04 Å². The number of sulfonamides is 1. The third kappa shape index (κ3) is 7.92. The number of carbonyl (C=O) groups is 2. The second-order valence-corrected chi connectivity index (χ2v) is 11.0. The van der Waals surface area contributed by atoms with Crippen molar-refractivity contribution in [3.05, 3.63) is 102 Å². The van der Waals surface area contributed by atoms with Crippen LogP contribution in [-0.4, -0.2) is 51.0 Å². The molecule has 0 spiro atoms. The number of rotatable bonds is 12. The number of nitrogens with zero attached hydrogens (tertiary/aromatic N) is 2. The topological polar surface area (TPSA) is 86.8 Å². The van der Waals surface area contributed by atoms with Crippen LogP contribution in [0.5, 0.6) is 0 Å². The van der Waals surface area contributed by atoms with Crippen molar-refractivity contribution in [3.63, 3.8) is 0 Å². The zero-order chi connectivity index (χ0) is 26.8. The minimum atomic E-state index is -3.54. The quantitative estimate of drug-likeness (QED) is 0.391. The highest BCUT2D eigenvalue weighted by atomic mass is 32.2. The lowest BCUT2D eigenvalue weighted by molar-refractivity contribution is -0.141. The lowest BCUT2D eigenvalue weighted by Crippen LogP contribution is -2.49. The fraction of sp³-hybridized carbons (Fsp3) is 0.310. The van der Waals surface area contributed by atoms with Crippen LogP contribution >= 0.6 is 0 Å². The Morgan fingerprint density at radius 1 is 0.865 bits per heavy atom. The van der Waals surface area contributed by atoms with Crippen LogP contribution in [-0.2, 0) is 32.6 Å². The third-order valence-electron chi connectivity index (χ3n) is 6.25. The first-order valence-corrected chi connectivity index (χ1v) is 14.2. The Balaban J connectivity index is 1.83. The van der Waals surface area contributed by atoms with Crippen molar-refractivity contribution in [2.45, 2.75) is 38.8 Å². The van der Waals surface area contributed by atoms with Crippen molar-refractivity contribution in [1.29, 1.82) is 0 Å². The molecular weight excluding hydrogens is 486 g/mol. The summed E-state index contributed by atoms with van der Waals surface area (Å²) in [7, 11) is -1.97. The van der Waals surface area contributed by atoms with E-state index in [2.05, 4.69) is 5.32 Å². The largest absolute Gasteiger partial charge is 0.357 e. The Morgan fingerprint density at radius 3 is 2.00 bits per heavy atom. The SMILES string of the molecule is CNC(=O)[C@H](Cc1ccccc1)N(Cc1ccccc1)C(=O)CCCN(c1ccccc1C)S(C)(=O)=O. The first-order chi connectivity index (χ1) is 17.7. The highest BCUT2D eigenvalue weighted by molar-refractivity contribution is 7.92. The van der Waals surface area contributed by atoms with E-state index in [0.717, 1.165) is 16.7 Å². The van der Waals surface area contributed by atoms with Gasteiger partial charge < -0.3 is 10.2 Å². The molecule has 0 radical (unpaired) electrons. The van der Waals surface area contributed by atoms with Gasteiger partial charge in [-0.25, -0.2) is 8.42 Å². The lowest BCUT2D eigenvalue weighted by atomic mass is 10.0. The molecule has 3 aromatic carbocycles. The summed E-state index contributed by atoms with van der Waals surface area (Å²) in [5.41, 5.74) is 3.30. The molecule has 0 aliphatic heterocycles. The summed E-state index contributed by atoms with van der Waals surface area (Å²) in [5, 5.41) is 2.71. The van der Waals surface area contributed by atoms with E-state index in [0.29, 0.717) is 18.5 Å². The van der Waals surface area contributed by atoms with Crippen LogP contribution in [0.3, 0.4) is 0 Å². The summed E-state index contributed by atoms with van der Waals surface area (Å²) in [4.78, 5) is 28.2. The van der Waals surface area contributed by atoms with Crippen LogP contribution in [0.4, 0.5) is 5.69 Å². The number of likely N-dealkylation sites (N-methyl/N-ethyl adjacent to an activating group) is 1. The molecule has 2 amide bonds. The van der Waals surface area contributed by atoms with Crippen molar-refractivity contribution >= 4 is 27.5 Å². The van der Waals surface area contributed by atoms with Gasteiger partial charge in [-0.05, 0) is 36.1 Å². The van der Waals surface area contributed by atoms with Crippen LogP contribution in [0, 0.1) is 6.92 Å². The monoisotopic (exact) mass is 521 g/mol. The molecule has 0 heterocycles. The number of aryl methyl sites for hydroxylation is 1. The molecule has 0 aromatic heterocycles. The average Bonchev–Trinajstić information content (AvgIpc) is 2.89. The molecule has 0 saturated heterocycles. The molecule has 0 aliphatic rings. The van der Waals surface area contributed by atoms with Crippen molar-refractivity contribution < 1.29 is 18.0 Å². The predicted molar refractivity (Wildman–Crippen MR) is 148 cm³/mol. The molecule has 37 heavy (non-hydrogen) atoms. The molecule has 0 saturated carbocycles. The van der Waals surface area contributed by atoms with Crippen LogP contribution < -0.4 is 9.62 Å². The number of amides is 2. The van der Waals surface area contributed by atoms with Crippen LogP contribution in [0.2, 0.25) is 0 Å². The summed E-state index contributed by atoms with van der Waals surface area (Å²) in [6.45, 7) is 2.30. The maximum Gasteiger partial charge on any atom is 0.242 e. The molecule has 3 aromatic rings. The van der Waals surface area contributed by atoms with E-state index in [-0.39, 0.29) is 31.3 Å². The number of carbonyl (C=O) groups excluding carboxylic acids is 2. The van der Waals surface area contributed by atoms with Gasteiger partial charge in [0.15, 0.2) is 0 Å². The summed E-state index contributed by atoms with van der Waals surface area (Å²) in [6.07, 6.45) is 1.96. The van der Waals surface area contributed by atoms with E-state index in [1.807, 2.05) is 79.7 Å². The Hall–Kier alpha value is -3.65. The molecule has 0 fully saturated rings. The smallest absolute Gasteiger partial charge is 0.242 e. The molecule has 7 nitrogen and oxygen atoms in total. The van der Waals surface area contributed by atoms with Crippen LogP contribution in [0.1, 0.15) is 29.5 Å². The molecule has 0 aliphatic carbocycles. The normalized spacial score (nSPS) is 12.0. The van der Waals surface area contributed by atoms with Gasteiger partial charge >= 0.3 is 0 Å². The van der Waals surface area contributed by atoms with Crippen molar-refractivity contribution in [2.75, 3.05) is 24.2 Å². The highest BCUT2D eigenvalue weighted by Gasteiger charge is 2.30. The Bertz CT molecular complexity index is 1280. The number of para-hydroxylation sites is 1. The molecule has 1 N–H and O–H groups in total. The number of anilines is 1. The first-order valence-electron chi connectivity index (χ1n) is 12.3. The lowest BCUT2D eigenvalue weighted by Gasteiger charge is -2.31. The Morgan fingerprint density at radius 2 is 1.43 bits per heavy atom. The molecule has 1 atom stereocenters. The van der Waals surface area contributed by atoms with E-state index < -0.39 is 16.1 Å². The predicted octanol–water partition coefficient (Wildman–Crippen LogP) is 3.93. The zero-order valence-electron chi connectivity index (χ0n) is 21.6. The van der Waals surface area contributed by atoms with E-state index >= 15 is 0 Å². The maximum absolute atomic E-state index is 13.6. The standard InChI is InChI=1S/C29H35N3O4S/c1-23-13-10-11-18-26(23)32(37(3,35)36)20-12-19-28(33)31(22-25-16-8-5-9-17-25)27(29(34)30-2)21-24-14-6-4-7-15-24/h4-11,13-18,27H,12,19-22H2,1-3H3,(H,30,34)/t27-/m0/s1. The molecule has 0 bridgehead atoms. The third-order valence-corrected chi connectivity index (χ3v) is 7.43. The van der Waals surface area contributed by atoms with Crippen LogP contribution in [0.15, 0.2) is 84.9 Å². The van der Waals surface area contributed by atoms with Gasteiger partial charge in [0.2, 0.25) is 21.8 Å². The number of nitrogens with one attached hydrogen (secondary N) is 1. The average molecular weight is 522 g/mol. The van der Waals surface area contributed by atoms with Gasteiger partial charge in [0.25, 0.3) is 0 Å². The molecule has 196 valence electrons. The Kier molecular flexibility index (Phi) is 9.85. The zero-order valence-corrected chi connectivity index (χ0v) is 22.4. The molecule has 8 heteroatoms. The maximum atomic E-state index is 13.6. The van der Waals surface area contributed by atoms with Gasteiger partial charge in [-0.15, -0.1) is 0 Å². The minimum absolute atomic E-state index is 0.104. The number of hydrogen-bond acceptors (Lipinski definition) is 4. The van der Waals surface area contributed by atoms with E-state index in [4.69, 9.17) is 0 Å². The second kappa shape index (κ2) is 13.1. The van der Waals surface area contributed by atoms with Gasteiger partial charge in [-0.1, -0.05) is 78.9 Å². The second-order valence-electron chi connectivity index (χ2n) is 9.05. The fourth-order valence-corrected chi connectivity index (χ4v) is 5.35. The minimum Gasteiger partial charge on any atom is -0.357 e. The van der Waals surface area contributed by atoms with E-state index in [1.165, 1.54) is 10.6 Å². The van der Waals surface area contributed by atoms with Crippen molar-refractivity contribution in [1.82, 2.24) is 10.2 Å². The highest BCUT2D eigenvalue weighted by Crippen LogP contribution is 2.23. The van der Waals surface area contributed by atoms with Gasteiger partial charge in [0, 0.05) is 33.0 Å².